The molecular formula is C16H34N4O. The van der Waals surface area contributed by atoms with Gasteiger partial charge in [-0.15, -0.1) is 0 Å². The van der Waals surface area contributed by atoms with Crippen molar-refractivity contribution in [3.8, 4) is 0 Å². The van der Waals surface area contributed by atoms with Crippen molar-refractivity contribution in [3.63, 3.8) is 0 Å². The third-order valence-corrected chi connectivity index (χ3v) is 3.60. The Kier molecular flexibility index (Phi) is 10.3. The molecule has 2 N–H and O–H groups in total. The first kappa shape index (κ1) is 18.2. The second-order valence-electron chi connectivity index (χ2n) is 6.03. The summed E-state index contributed by atoms with van der Waals surface area (Å²) >= 11 is 0. The zero-order chi connectivity index (χ0) is 15.3. The highest BCUT2D eigenvalue weighted by atomic mass is 16.5. The number of ether oxygens (including phenoxy) is 1. The van der Waals surface area contributed by atoms with Crippen LogP contribution in [0.15, 0.2) is 4.99 Å². The average Bonchev–Trinajstić information content (AvgIpc) is 2.48. The van der Waals surface area contributed by atoms with Crippen molar-refractivity contribution in [1.82, 2.24) is 15.5 Å². The Labute approximate surface area is 130 Å². The van der Waals surface area contributed by atoms with Crippen LogP contribution in [0.5, 0.6) is 0 Å². The minimum absolute atomic E-state index is 0.778. The fraction of sp³-hybridized carbons (Fsp3) is 0.938. The molecule has 5 heteroatoms. The molecule has 124 valence electrons. The second kappa shape index (κ2) is 11.8. The van der Waals surface area contributed by atoms with Gasteiger partial charge in [0.15, 0.2) is 5.96 Å². The summed E-state index contributed by atoms with van der Waals surface area (Å²) in [7, 11) is 0. The van der Waals surface area contributed by atoms with Gasteiger partial charge in [0.05, 0.1) is 13.2 Å². The van der Waals surface area contributed by atoms with Crippen LogP contribution in [-0.4, -0.2) is 63.3 Å². The predicted molar refractivity (Wildman–Crippen MR) is 89.9 cm³/mol. The fourth-order valence-electron chi connectivity index (χ4n) is 2.37. The smallest absolute Gasteiger partial charge is 0.191 e. The normalized spacial score (nSPS) is 17.2. The van der Waals surface area contributed by atoms with Crippen LogP contribution in [0.3, 0.4) is 0 Å². The summed E-state index contributed by atoms with van der Waals surface area (Å²) in [4.78, 5) is 7.11. The predicted octanol–water partition coefficient (Wildman–Crippen LogP) is 1.70. The van der Waals surface area contributed by atoms with Gasteiger partial charge in [-0.2, -0.15) is 0 Å². The van der Waals surface area contributed by atoms with E-state index in [1.54, 1.807) is 0 Å². The van der Waals surface area contributed by atoms with Crippen LogP contribution >= 0.6 is 0 Å². The molecule has 0 aromatic rings. The number of hydrogen-bond donors (Lipinski definition) is 2. The molecule has 1 heterocycles. The van der Waals surface area contributed by atoms with E-state index in [1.807, 2.05) is 0 Å². The minimum Gasteiger partial charge on any atom is -0.379 e. The lowest BCUT2D eigenvalue weighted by Gasteiger charge is -2.26. The zero-order valence-electron chi connectivity index (χ0n) is 14.2. The van der Waals surface area contributed by atoms with Crippen molar-refractivity contribution in [2.45, 2.75) is 40.0 Å². The van der Waals surface area contributed by atoms with Crippen LogP contribution in [0.1, 0.15) is 40.0 Å². The molecule has 0 unspecified atom stereocenters. The number of rotatable bonds is 9. The summed E-state index contributed by atoms with van der Waals surface area (Å²) in [6.07, 6.45) is 3.59. The van der Waals surface area contributed by atoms with Gasteiger partial charge in [-0.1, -0.05) is 13.8 Å². The number of guanidine groups is 1. The van der Waals surface area contributed by atoms with E-state index in [4.69, 9.17) is 4.74 Å². The van der Waals surface area contributed by atoms with Crippen LogP contribution in [0, 0.1) is 5.92 Å². The molecule has 0 atom stereocenters. The number of nitrogens with one attached hydrogen (secondary N) is 2. The molecule has 0 aromatic carbocycles. The quantitative estimate of drug-likeness (QED) is 0.386. The Morgan fingerprint density at radius 1 is 1.19 bits per heavy atom. The molecule has 1 rings (SSSR count). The summed E-state index contributed by atoms with van der Waals surface area (Å²) in [6, 6.07) is 0. The molecule has 0 radical (unpaired) electrons. The third-order valence-electron chi connectivity index (χ3n) is 3.60. The van der Waals surface area contributed by atoms with Gasteiger partial charge < -0.3 is 15.4 Å². The van der Waals surface area contributed by atoms with Crippen molar-refractivity contribution in [1.29, 1.82) is 0 Å². The first-order valence-corrected chi connectivity index (χ1v) is 8.54. The molecule has 1 fully saturated rings. The average molecular weight is 298 g/mol. The number of nitrogens with zero attached hydrogens (tertiary/aromatic N) is 2. The highest BCUT2D eigenvalue weighted by Crippen LogP contribution is 2.01. The largest absolute Gasteiger partial charge is 0.379 e. The lowest BCUT2D eigenvalue weighted by atomic mass is 10.1. The van der Waals surface area contributed by atoms with Crippen LogP contribution in [0.2, 0.25) is 0 Å². The van der Waals surface area contributed by atoms with E-state index in [0.29, 0.717) is 0 Å². The Balaban J connectivity index is 2.14. The van der Waals surface area contributed by atoms with E-state index in [9.17, 15) is 0 Å². The molecule has 0 aliphatic carbocycles. The SMILES string of the molecule is CCNC(=NCCCN1CCOCC1)NCCCC(C)C. The van der Waals surface area contributed by atoms with Crippen LogP contribution in [-0.2, 0) is 4.74 Å². The minimum atomic E-state index is 0.778. The van der Waals surface area contributed by atoms with Gasteiger partial charge in [0.1, 0.15) is 0 Å². The number of morpholine rings is 1. The summed E-state index contributed by atoms with van der Waals surface area (Å²) in [6.45, 7) is 14.5. The van der Waals surface area contributed by atoms with Gasteiger partial charge in [0.2, 0.25) is 0 Å². The maximum absolute atomic E-state index is 5.36. The maximum atomic E-state index is 5.36. The third kappa shape index (κ3) is 9.69. The van der Waals surface area contributed by atoms with E-state index in [-0.39, 0.29) is 0 Å². The highest BCUT2D eigenvalue weighted by Gasteiger charge is 2.08. The van der Waals surface area contributed by atoms with Crippen molar-refractivity contribution in [2.24, 2.45) is 10.9 Å². The summed E-state index contributed by atoms with van der Waals surface area (Å²) < 4.78 is 5.36. The number of hydrogen-bond acceptors (Lipinski definition) is 3. The van der Waals surface area contributed by atoms with Gasteiger partial charge >= 0.3 is 0 Å². The van der Waals surface area contributed by atoms with E-state index in [0.717, 1.165) is 70.8 Å². The second-order valence-corrected chi connectivity index (χ2v) is 6.03. The summed E-state index contributed by atoms with van der Waals surface area (Å²) in [5.74, 6) is 1.74. The van der Waals surface area contributed by atoms with E-state index < -0.39 is 0 Å². The number of aliphatic imine (C=N–C) groups is 1. The lowest BCUT2D eigenvalue weighted by Crippen LogP contribution is -2.38. The molecule has 1 aliphatic heterocycles. The van der Waals surface area contributed by atoms with Crippen LogP contribution in [0.4, 0.5) is 0 Å². The van der Waals surface area contributed by atoms with Crippen molar-refractivity contribution < 1.29 is 4.74 Å². The van der Waals surface area contributed by atoms with E-state index in [2.05, 4.69) is 41.3 Å². The molecule has 0 bridgehead atoms. The van der Waals surface area contributed by atoms with Gasteiger partial charge in [0, 0.05) is 39.3 Å². The van der Waals surface area contributed by atoms with Gasteiger partial charge in [-0.05, 0) is 32.1 Å². The molecule has 0 saturated carbocycles. The zero-order valence-corrected chi connectivity index (χ0v) is 14.2. The van der Waals surface area contributed by atoms with Gasteiger partial charge in [0.25, 0.3) is 0 Å². The first-order valence-electron chi connectivity index (χ1n) is 8.54. The molecule has 5 nitrogen and oxygen atoms in total. The maximum Gasteiger partial charge on any atom is 0.191 e. The Morgan fingerprint density at radius 3 is 2.62 bits per heavy atom. The topological polar surface area (TPSA) is 48.9 Å². The summed E-state index contributed by atoms with van der Waals surface area (Å²) in [5.41, 5.74) is 0. The van der Waals surface area contributed by atoms with Gasteiger partial charge in [-0.3, -0.25) is 9.89 Å². The van der Waals surface area contributed by atoms with Crippen molar-refractivity contribution in [2.75, 3.05) is 52.5 Å². The summed E-state index contributed by atoms with van der Waals surface area (Å²) in [5, 5.41) is 6.73. The Morgan fingerprint density at radius 2 is 1.95 bits per heavy atom. The molecular weight excluding hydrogens is 264 g/mol. The van der Waals surface area contributed by atoms with E-state index >= 15 is 0 Å². The van der Waals surface area contributed by atoms with E-state index in [1.165, 1.54) is 12.8 Å². The van der Waals surface area contributed by atoms with Crippen molar-refractivity contribution >= 4 is 5.96 Å². The molecule has 1 saturated heterocycles. The fourth-order valence-corrected chi connectivity index (χ4v) is 2.37. The monoisotopic (exact) mass is 298 g/mol. The van der Waals surface area contributed by atoms with Crippen LogP contribution < -0.4 is 10.6 Å². The van der Waals surface area contributed by atoms with Crippen LogP contribution in [0.25, 0.3) is 0 Å². The molecule has 0 amide bonds. The Hall–Kier alpha value is -0.810. The highest BCUT2D eigenvalue weighted by molar-refractivity contribution is 5.79. The first-order chi connectivity index (χ1) is 10.2. The van der Waals surface area contributed by atoms with Crippen molar-refractivity contribution in [3.05, 3.63) is 0 Å². The molecule has 1 aliphatic rings. The Bertz CT molecular complexity index is 275. The molecule has 0 aromatic heterocycles. The molecule has 21 heavy (non-hydrogen) atoms. The van der Waals surface area contributed by atoms with Gasteiger partial charge in [-0.25, -0.2) is 0 Å². The molecule has 0 spiro atoms. The standard InChI is InChI=1S/C16H34N4O/c1-4-17-16(18-8-5-7-15(2)3)19-9-6-10-20-11-13-21-14-12-20/h15H,4-14H2,1-3H3,(H2,17,18,19). The lowest BCUT2D eigenvalue weighted by molar-refractivity contribution is 0.0377.